The van der Waals surface area contributed by atoms with Crippen molar-refractivity contribution < 1.29 is 39.5 Å². The first-order valence-electron chi connectivity index (χ1n) is 4.04. The monoisotopic (exact) mass is 251 g/mol. The van der Waals surface area contributed by atoms with E-state index in [-0.39, 0.29) is 34.8 Å². The van der Waals surface area contributed by atoms with Gasteiger partial charge in [-0.15, -0.1) is 0 Å². The van der Waals surface area contributed by atoms with Crippen LogP contribution >= 0.6 is 21.8 Å². The molecule has 0 bridgehead atoms. The van der Waals surface area contributed by atoms with Crippen LogP contribution in [0.2, 0.25) is 0 Å². The minimum absolute atomic E-state index is 0. The maximum absolute atomic E-state index is 10.1. The fraction of sp³-hybridized carbons (Fsp3) is 0.222. The molecule has 1 N–H and O–H groups in total. The van der Waals surface area contributed by atoms with Crippen molar-refractivity contribution in [1.29, 1.82) is 0 Å². The van der Waals surface area contributed by atoms with Gasteiger partial charge in [-0.1, -0.05) is 41.1 Å². The minimum atomic E-state index is -1.26. The molecule has 3 nitrogen and oxygen atoms in total. The van der Waals surface area contributed by atoms with Crippen LogP contribution in [0, 0.1) is 0 Å². The molecule has 1 atom stereocenters. The van der Waals surface area contributed by atoms with Gasteiger partial charge in [-0.3, -0.25) is 0 Å². The summed E-state index contributed by atoms with van der Waals surface area (Å²) in [5.41, 5.74) is 1.17. The standard InChI is InChI=1S/C9H11NO2S2.Na/c1-7(13-14-10-9(11)12)8-5-3-2-4-6-8;/h2-7,10H,1H3,(H,11,12);/q;+1/p-1. The number of amides is 1. The fourth-order valence-corrected chi connectivity index (χ4v) is 2.55. The summed E-state index contributed by atoms with van der Waals surface area (Å²) in [6.45, 7) is 2.02. The van der Waals surface area contributed by atoms with E-state index in [1.165, 1.54) is 16.4 Å². The average molecular weight is 251 g/mol. The molecule has 0 aliphatic heterocycles. The largest absolute Gasteiger partial charge is 1.00 e. The Labute approximate surface area is 119 Å². The molecule has 0 spiro atoms. The van der Waals surface area contributed by atoms with Gasteiger partial charge in [0.1, 0.15) is 6.09 Å². The summed E-state index contributed by atoms with van der Waals surface area (Å²) < 4.78 is 2.13. The second-order valence-electron chi connectivity index (χ2n) is 2.62. The molecular weight excluding hydrogens is 241 g/mol. The number of carbonyl (C=O) groups is 1. The quantitative estimate of drug-likeness (QED) is 0.423. The number of nitrogens with one attached hydrogen (secondary N) is 1. The summed E-state index contributed by atoms with van der Waals surface area (Å²) in [4.78, 5) is 10.1. The molecule has 0 radical (unpaired) electrons. The van der Waals surface area contributed by atoms with Crippen LogP contribution in [0.3, 0.4) is 0 Å². The van der Waals surface area contributed by atoms with Gasteiger partial charge in [0, 0.05) is 16.2 Å². The van der Waals surface area contributed by atoms with Crippen LogP contribution in [-0.2, 0) is 0 Å². The molecular formula is C9H10NNaO2S2. The first kappa shape index (κ1) is 15.2. The van der Waals surface area contributed by atoms with Crippen molar-refractivity contribution >= 4 is 27.9 Å². The van der Waals surface area contributed by atoms with E-state index in [1.807, 2.05) is 37.3 Å². The molecule has 0 saturated heterocycles. The Balaban J connectivity index is 0.00000196. The van der Waals surface area contributed by atoms with E-state index in [0.29, 0.717) is 0 Å². The normalized spacial score (nSPS) is 11.3. The second kappa shape index (κ2) is 8.35. The Kier molecular flexibility index (Phi) is 8.46. The Morgan fingerprint density at radius 3 is 2.53 bits per heavy atom. The van der Waals surface area contributed by atoms with E-state index in [1.54, 1.807) is 0 Å². The predicted molar refractivity (Wildman–Crippen MR) is 58.6 cm³/mol. The number of hydrogen-bond donors (Lipinski definition) is 1. The summed E-state index contributed by atoms with van der Waals surface area (Å²) in [5.74, 6) is 0. The van der Waals surface area contributed by atoms with E-state index in [4.69, 9.17) is 0 Å². The maximum Gasteiger partial charge on any atom is 1.00 e. The van der Waals surface area contributed by atoms with Gasteiger partial charge in [-0.25, -0.2) is 0 Å². The van der Waals surface area contributed by atoms with Gasteiger partial charge in [0.05, 0.1) is 0 Å². The Morgan fingerprint density at radius 2 is 2.00 bits per heavy atom. The van der Waals surface area contributed by atoms with E-state index in [2.05, 4.69) is 4.72 Å². The first-order chi connectivity index (χ1) is 6.70. The van der Waals surface area contributed by atoms with Gasteiger partial charge < -0.3 is 14.6 Å². The number of hydrogen-bond acceptors (Lipinski definition) is 4. The van der Waals surface area contributed by atoms with Crippen molar-refractivity contribution in [2.24, 2.45) is 0 Å². The van der Waals surface area contributed by atoms with Gasteiger partial charge in [0.15, 0.2) is 0 Å². The molecule has 0 aromatic heterocycles. The van der Waals surface area contributed by atoms with Crippen molar-refractivity contribution in [3.8, 4) is 0 Å². The predicted octanol–water partition coefficient (Wildman–Crippen LogP) is -1.02. The zero-order valence-corrected chi connectivity index (χ0v) is 12.2. The van der Waals surface area contributed by atoms with Crippen LogP contribution in [0.15, 0.2) is 30.3 Å². The summed E-state index contributed by atoms with van der Waals surface area (Å²) in [6.07, 6.45) is -1.26. The SMILES string of the molecule is CC(SSNC(=O)[O-])c1ccccc1.[Na+]. The van der Waals surface area contributed by atoms with Crippen molar-refractivity contribution in [2.75, 3.05) is 0 Å². The molecule has 0 aliphatic rings. The fourth-order valence-electron chi connectivity index (χ4n) is 0.910. The average Bonchev–Trinajstić information content (AvgIpc) is 2.18. The number of carbonyl (C=O) groups excluding carboxylic acids is 1. The zero-order chi connectivity index (χ0) is 10.4. The van der Waals surface area contributed by atoms with Crippen LogP contribution in [0.5, 0.6) is 0 Å². The van der Waals surface area contributed by atoms with Crippen LogP contribution in [-0.4, -0.2) is 6.09 Å². The van der Waals surface area contributed by atoms with Crippen molar-refractivity contribution in [3.05, 3.63) is 35.9 Å². The van der Waals surface area contributed by atoms with Crippen molar-refractivity contribution in [3.63, 3.8) is 0 Å². The van der Waals surface area contributed by atoms with Gasteiger partial charge >= 0.3 is 29.6 Å². The smallest absolute Gasteiger partial charge is 0.529 e. The molecule has 0 saturated carbocycles. The summed E-state index contributed by atoms with van der Waals surface area (Å²) in [5, 5.41) is 10.3. The van der Waals surface area contributed by atoms with Crippen LogP contribution in [0.4, 0.5) is 4.79 Å². The maximum atomic E-state index is 10.1. The van der Waals surface area contributed by atoms with E-state index < -0.39 is 6.09 Å². The Hall–Kier alpha value is 0.190. The van der Waals surface area contributed by atoms with Crippen molar-refractivity contribution in [2.45, 2.75) is 12.2 Å². The third-order valence-corrected chi connectivity index (χ3v) is 3.90. The van der Waals surface area contributed by atoms with Gasteiger partial charge in [-0.05, 0) is 12.5 Å². The summed E-state index contributed by atoms with van der Waals surface area (Å²) in [6, 6.07) is 9.90. The van der Waals surface area contributed by atoms with Crippen LogP contribution in [0.1, 0.15) is 17.7 Å². The Bertz CT molecular complexity index is 297. The number of rotatable bonds is 4. The first-order valence-corrected chi connectivity index (χ1v) is 6.25. The summed E-state index contributed by atoms with van der Waals surface area (Å²) >= 11 is 0. The van der Waals surface area contributed by atoms with Crippen molar-refractivity contribution in [1.82, 2.24) is 4.72 Å². The van der Waals surface area contributed by atoms with E-state index in [9.17, 15) is 9.90 Å². The molecule has 6 heteroatoms. The van der Waals surface area contributed by atoms with Crippen LogP contribution in [0.25, 0.3) is 0 Å². The molecule has 1 rings (SSSR count). The van der Waals surface area contributed by atoms with Gasteiger partial charge in [0.25, 0.3) is 0 Å². The molecule has 15 heavy (non-hydrogen) atoms. The molecule has 0 heterocycles. The van der Waals surface area contributed by atoms with Crippen LogP contribution < -0.4 is 39.4 Å². The number of benzene rings is 1. The Morgan fingerprint density at radius 1 is 1.40 bits per heavy atom. The molecule has 0 aliphatic carbocycles. The summed E-state index contributed by atoms with van der Waals surface area (Å²) in [7, 11) is 2.51. The van der Waals surface area contributed by atoms with Gasteiger partial charge in [-0.2, -0.15) is 0 Å². The topological polar surface area (TPSA) is 52.2 Å². The molecule has 1 unspecified atom stereocenters. The van der Waals surface area contributed by atoms with Gasteiger partial charge in [0.2, 0.25) is 0 Å². The molecule has 1 aromatic rings. The molecule has 76 valence electrons. The zero-order valence-electron chi connectivity index (χ0n) is 8.60. The number of carboxylic acid groups (broad SMARTS) is 1. The molecule has 1 amide bonds. The third kappa shape index (κ3) is 6.37. The minimum Gasteiger partial charge on any atom is -0.529 e. The molecule has 0 fully saturated rings. The molecule has 1 aromatic carbocycles. The van der Waals surface area contributed by atoms with E-state index >= 15 is 0 Å². The second-order valence-corrected chi connectivity index (χ2v) is 4.97. The van der Waals surface area contributed by atoms with E-state index in [0.717, 1.165) is 11.0 Å². The third-order valence-electron chi connectivity index (χ3n) is 1.59.